The van der Waals surface area contributed by atoms with E-state index in [2.05, 4.69) is 14.7 Å². The molecule has 242 valence electrons. The van der Waals surface area contributed by atoms with Crippen molar-refractivity contribution in [2.24, 2.45) is 0 Å². The lowest BCUT2D eigenvalue weighted by molar-refractivity contribution is 0.302. The van der Waals surface area contributed by atoms with E-state index in [1.807, 2.05) is 0 Å². The lowest BCUT2D eigenvalue weighted by Crippen LogP contribution is -2.26. The Morgan fingerprint density at radius 2 is 1.40 bits per heavy atom. The first-order valence-electron chi connectivity index (χ1n) is 12.2. The van der Waals surface area contributed by atoms with Gasteiger partial charge in [0, 0.05) is 12.1 Å². The van der Waals surface area contributed by atoms with Crippen LogP contribution in [-0.2, 0) is 43.7 Å². The molecule has 1 aromatic heterocycles. The van der Waals surface area contributed by atoms with Crippen LogP contribution in [-0.4, -0.2) is 50.9 Å². The summed E-state index contributed by atoms with van der Waals surface area (Å²) in [7, 11) is -13.5. The normalized spacial score (nSPS) is 11.8. The van der Waals surface area contributed by atoms with Crippen molar-refractivity contribution in [3.8, 4) is 16.9 Å². The second kappa shape index (κ2) is 14.6. The zero-order chi connectivity index (χ0) is 33.6. The maximum atomic E-state index is 13.0. The molecule has 0 saturated heterocycles. The van der Waals surface area contributed by atoms with Crippen molar-refractivity contribution < 1.29 is 43.0 Å². The summed E-state index contributed by atoms with van der Waals surface area (Å²) in [6.45, 7) is 0.0896. The highest BCUT2D eigenvalue weighted by Gasteiger charge is 2.18. The number of hydrogen-bond acceptors (Lipinski definition) is 11. The van der Waals surface area contributed by atoms with E-state index in [0.29, 0.717) is 39.0 Å². The van der Waals surface area contributed by atoms with E-state index >= 15 is 0 Å². The molecular weight excluding hydrogens is 700 g/mol. The third-order valence-electron chi connectivity index (χ3n) is 5.66. The first-order chi connectivity index (χ1) is 20.8. The van der Waals surface area contributed by atoms with Gasteiger partial charge in [0.05, 0.1) is 25.5 Å². The lowest BCUT2D eigenvalue weighted by atomic mass is 10.0. The van der Waals surface area contributed by atoms with E-state index in [9.17, 15) is 20.7 Å². The van der Waals surface area contributed by atoms with Gasteiger partial charge in [-0.05, 0) is 66.1 Å². The van der Waals surface area contributed by atoms with Crippen LogP contribution < -0.4 is 20.9 Å². The Balaban J connectivity index is 0.00000102. The topological polar surface area (TPSA) is 242 Å². The van der Waals surface area contributed by atoms with Gasteiger partial charge in [-0.25, -0.2) is 18.1 Å². The Morgan fingerprint density at radius 1 is 0.822 bits per heavy atom. The first kappa shape index (κ1) is 35.9. The maximum Gasteiger partial charge on any atom is 0.394 e. The molecule has 0 radical (unpaired) electrons. The summed E-state index contributed by atoms with van der Waals surface area (Å²) < 4.78 is 99.7. The van der Waals surface area contributed by atoms with Crippen molar-refractivity contribution in [2.75, 3.05) is 18.0 Å². The smallest absolute Gasteiger partial charge is 0.394 e. The Hall–Kier alpha value is -3.62. The van der Waals surface area contributed by atoms with Crippen LogP contribution in [0, 0.1) is 0 Å². The van der Waals surface area contributed by atoms with Crippen LogP contribution in [0.5, 0.6) is 5.75 Å². The number of nitrogens with two attached hydrogens (primary N) is 2. The fourth-order valence-electron chi connectivity index (χ4n) is 3.72. The zero-order valence-corrected chi connectivity index (χ0v) is 26.6. The SMILES string of the molecule is Nc1nc(N)c(-c2ccc(Cl)c(Cl)c2)c(COc2ccc(CCNS(=O)(=O)c3ccc(S(=O)(=O)F)cc3)cc2)n1.O=S(=O)(O)O. The van der Waals surface area contributed by atoms with Crippen molar-refractivity contribution in [2.45, 2.75) is 22.8 Å². The molecule has 0 amide bonds. The highest BCUT2D eigenvalue weighted by Crippen LogP contribution is 2.33. The molecule has 14 nitrogen and oxygen atoms in total. The van der Waals surface area contributed by atoms with Crippen LogP contribution in [0.25, 0.3) is 11.1 Å². The number of aromatic nitrogens is 2. The molecule has 3 aromatic carbocycles. The van der Waals surface area contributed by atoms with E-state index < -0.39 is 35.5 Å². The molecule has 0 unspecified atom stereocenters. The summed E-state index contributed by atoms with van der Waals surface area (Å²) >= 11 is 12.2. The van der Waals surface area contributed by atoms with E-state index in [0.717, 1.165) is 29.8 Å². The van der Waals surface area contributed by atoms with Gasteiger partial charge in [0.1, 0.15) is 18.2 Å². The minimum atomic E-state index is -4.92. The van der Waals surface area contributed by atoms with Crippen LogP contribution in [0.1, 0.15) is 11.3 Å². The minimum Gasteiger partial charge on any atom is -0.487 e. The number of nitrogens with zero attached hydrogens (tertiary/aromatic N) is 2. The van der Waals surface area contributed by atoms with Crippen LogP contribution in [0.4, 0.5) is 15.7 Å². The molecule has 0 aliphatic heterocycles. The lowest BCUT2D eigenvalue weighted by Gasteiger charge is -2.14. The fraction of sp³-hybridized carbons (Fsp3) is 0.120. The first-order valence-corrected chi connectivity index (χ1v) is 17.2. The summed E-state index contributed by atoms with van der Waals surface area (Å²) in [6.07, 6.45) is 0.358. The standard InChI is InChI=1S/C25H22Cl2FN5O5S2.H2O4S/c26-20-10-3-16(13-21(20)27)23-22(32-25(30)33-24(23)29)14-38-17-4-1-15(2-5-17)11-12-31-40(36,37)19-8-6-18(7-9-19)39(28,34)35;1-5(2,3)4/h1-10,13,31H,11-12,14H2,(H4,29,30,32,33);(H2,1,2,3,4). The average molecular weight is 725 g/mol. The Morgan fingerprint density at radius 3 is 1.96 bits per heavy atom. The van der Waals surface area contributed by atoms with Crippen molar-refractivity contribution in [1.82, 2.24) is 14.7 Å². The van der Waals surface area contributed by atoms with Gasteiger partial charge in [-0.2, -0.15) is 21.8 Å². The molecule has 20 heteroatoms. The van der Waals surface area contributed by atoms with E-state index in [1.54, 1.807) is 42.5 Å². The van der Waals surface area contributed by atoms with Gasteiger partial charge in [0.25, 0.3) is 0 Å². The van der Waals surface area contributed by atoms with Crippen LogP contribution in [0.2, 0.25) is 10.0 Å². The summed E-state index contributed by atoms with van der Waals surface area (Å²) in [5.41, 5.74) is 14.3. The van der Waals surface area contributed by atoms with Gasteiger partial charge in [-0.3, -0.25) is 9.11 Å². The predicted octanol–water partition coefficient (Wildman–Crippen LogP) is 3.72. The summed E-state index contributed by atoms with van der Waals surface area (Å²) in [5, 5.41) is 0.723. The molecule has 0 bridgehead atoms. The van der Waals surface area contributed by atoms with Gasteiger partial charge in [-0.15, -0.1) is 3.89 Å². The average Bonchev–Trinajstić information content (AvgIpc) is 2.92. The molecule has 4 rings (SSSR count). The van der Waals surface area contributed by atoms with Crippen molar-refractivity contribution >= 4 is 65.6 Å². The van der Waals surface area contributed by atoms with Crippen molar-refractivity contribution in [1.29, 1.82) is 0 Å². The molecular formula is C25H24Cl2FN5O9S3. The molecule has 7 N–H and O–H groups in total. The summed E-state index contributed by atoms with van der Waals surface area (Å²) in [4.78, 5) is 7.50. The number of sulfonamides is 1. The van der Waals surface area contributed by atoms with Gasteiger partial charge in [-0.1, -0.05) is 41.4 Å². The number of hydrogen-bond donors (Lipinski definition) is 5. The zero-order valence-electron chi connectivity index (χ0n) is 22.6. The minimum absolute atomic E-state index is 0.0129. The van der Waals surface area contributed by atoms with Crippen LogP contribution in [0.15, 0.2) is 76.5 Å². The molecule has 0 spiro atoms. The molecule has 0 fully saturated rings. The fourth-order valence-corrected chi connectivity index (χ4v) is 5.51. The highest BCUT2D eigenvalue weighted by molar-refractivity contribution is 7.89. The molecule has 4 aromatic rings. The van der Waals surface area contributed by atoms with Gasteiger partial charge >= 0.3 is 20.6 Å². The predicted molar refractivity (Wildman–Crippen MR) is 165 cm³/mol. The Kier molecular flexibility index (Phi) is 11.7. The number of ether oxygens (including phenoxy) is 1. The highest BCUT2D eigenvalue weighted by atomic mass is 35.5. The molecule has 0 atom stereocenters. The Bertz CT molecular complexity index is 1990. The van der Waals surface area contributed by atoms with Crippen LogP contribution in [0.3, 0.4) is 0 Å². The third-order valence-corrected chi connectivity index (χ3v) is 8.71. The quantitative estimate of drug-likeness (QED) is 0.116. The molecule has 0 aliphatic carbocycles. The number of halogens is 3. The summed E-state index contributed by atoms with van der Waals surface area (Å²) in [6, 6.07) is 15.8. The molecule has 0 aliphatic rings. The van der Waals surface area contributed by atoms with Gasteiger partial charge in [0.2, 0.25) is 16.0 Å². The molecule has 45 heavy (non-hydrogen) atoms. The molecule has 1 heterocycles. The summed E-state index contributed by atoms with van der Waals surface area (Å²) in [5.74, 6) is 0.662. The maximum absolute atomic E-state index is 13.0. The van der Waals surface area contributed by atoms with E-state index in [1.165, 1.54) is 0 Å². The van der Waals surface area contributed by atoms with E-state index in [-0.39, 0.29) is 29.8 Å². The number of nitrogens with one attached hydrogen (secondary N) is 1. The number of benzene rings is 3. The third kappa shape index (κ3) is 11.0. The number of anilines is 2. The monoisotopic (exact) mass is 723 g/mol. The van der Waals surface area contributed by atoms with Crippen LogP contribution >= 0.6 is 23.2 Å². The van der Waals surface area contributed by atoms with Crippen molar-refractivity contribution in [3.05, 3.63) is 88.0 Å². The Labute approximate surface area is 268 Å². The van der Waals surface area contributed by atoms with Gasteiger partial charge < -0.3 is 16.2 Å². The van der Waals surface area contributed by atoms with E-state index in [4.69, 9.17) is 56.9 Å². The number of nitrogen functional groups attached to an aromatic ring is 2. The second-order valence-corrected chi connectivity index (χ2v) is 13.7. The van der Waals surface area contributed by atoms with Gasteiger partial charge in [0.15, 0.2) is 0 Å². The van der Waals surface area contributed by atoms with Crippen molar-refractivity contribution in [3.63, 3.8) is 0 Å². The number of rotatable bonds is 10. The second-order valence-electron chi connectivity index (χ2n) is 8.86. The molecule has 0 saturated carbocycles. The largest absolute Gasteiger partial charge is 0.487 e.